The molecule has 0 aromatic heterocycles. The molecule has 1 heterocycles. The van der Waals surface area contributed by atoms with Crippen molar-refractivity contribution in [3.63, 3.8) is 0 Å². The van der Waals surface area contributed by atoms with E-state index < -0.39 is 5.97 Å². The molecule has 0 radical (unpaired) electrons. The number of rotatable bonds is 5. The number of fused-ring (bicyclic) bond motifs is 1. The Morgan fingerprint density at radius 1 is 1.00 bits per heavy atom. The van der Waals surface area contributed by atoms with Crippen molar-refractivity contribution in [2.75, 3.05) is 4.90 Å². The van der Waals surface area contributed by atoms with Crippen molar-refractivity contribution in [1.82, 2.24) is 0 Å². The van der Waals surface area contributed by atoms with Crippen molar-refractivity contribution in [3.8, 4) is 5.75 Å². The molecular formula is C26H27NO4. The molecule has 2 aromatic carbocycles. The maximum atomic E-state index is 12.8. The number of amides is 2. The van der Waals surface area contributed by atoms with E-state index in [9.17, 15) is 14.4 Å². The lowest BCUT2D eigenvalue weighted by Crippen LogP contribution is -2.31. The Labute approximate surface area is 182 Å². The van der Waals surface area contributed by atoms with Crippen LogP contribution in [-0.4, -0.2) is 17.8 Å². The SMILES string of the molecule is CCC(C)(C)c1ccc(OC(=O)c2cccc(N3C(=O)[C@H]4CC=CC[C@H]4C3=O)c2)cc1. The van der Waals surface area contributed by atoms with Crippen molar-refractivity contribution in [2.24, 2.45) is 11.8 Å². The van der Waals surface area contributed by atoms with E-state index in [4.69, 9.17) is 4.74 Å². The first-order chi connectivity index (χ1) is 14.8. The fourth-order valence-electron chi connectivity index (χ4n) is 4.17. The van der Waals surface area contributed by atoms with Gasteiger partial charge in [0.15, 0.2) is 0 Å². The second kappa shape index (κ2) is 8.14. The minimum Gasteiger partial charge on any atom is -0.423 e. The minimum absolute atomic E-state index is 0.0539. The molecule has 2 aromatic rings. The van der Waals surface area contributed by atoms with Crippen molar-refractivity contribution < 1.29 is 19.1 Å². The summed E-state index contributed by atoms with van der Waals surface area (Å²) in [6.07, 6.45) is 6.08. The first kappa shape index (κ1) is 21.0. The van der Waals surface area contributed by atoms with Gasteiger partial charge in [-0.25, -0.2) is 4.79 Å². The summed E-state index contributed by atoms with van der Waals surface area (Å²) in [4.78, 5) is 39.6. The number of benzene rings is 2. The van der Waals surface area contributed by atoms with E-state index in [1.807, 2.05) is 24.3 Å². The van der Waals surface area contributed by atoms with Gasteiger partial charge in [-0.2, -0.15) is 0 Å². The molecule has 5 heteroatoms. The van der Waals surface area contributed by atoms with Crippen LogP contribution < -0.4 is 9.64 Å². The Balaban J connectivity index is 1.51. The van der Waals surface area contributed by atoms with E-state index in [1.165, 1.54) is 10.5 Å². The first-order valence-electron chi connectivity index (χ1n) is 10.8. The maximum Gasteiger partial charge on any atom is 0.343 e. The van der Waals surface area contributed by atoms with E-state index in [0.717, 1.165) is 6.42 Å². The van der Waals surface area contributed by atoms with Crippen LogP contribution in [0.15, 0.2) is 60.7 Å². The zero-order valence-corrected chi connectivity index (χ0v) is 18.1. The summed E-state index contributed by atoms with van der Waals surface area (Å²) in [7, 11) is 0. The van der Waals surface area contributed by atoms with E-state index in [2.05, 4.69) is 20.8 Å². The molecule has 0 spiro atoms. The van der Waals surface area contributed by atoms with Gasteiger partial charge in [0.05, 0.1) is 23.1 Å². The van der Waals surface area contributed by atoms with Crippen LogP contribution in [0, 0.1) is 11.8 Å². The highest BCUT2D eigenvalue weighted by atomic mass is 16.5. The molecule has 0 unspecified atom stereocenters. The molecule has 31 heavy (non-hydrogen) atoms. The zero-order chi connectivity index (χ0) is 22.2. The molecule has 160 valence electrons. The topological polar surface area (TPSA) is 63.7 Å². The van der Waals surface area contributed by atoms with Gasteiger partial charge in [-0.15, -0.1) is 0 Å². The van der Waals surface area contributed by atoms with Crippen molar-refractivity contribution >= 4 is 23.5 Å². The van der Waals surface area contributed by atoms with Gasteiger partial charge in [-0.1, -0.05) is 51.1 Å². The lowest BCUT2D eigenvalue weighted by Gasteiger charge is -2.23. The standard InChI is InChI=1S/C26H27NO4/c1-4-26(2,3)18-12-14-20(15-13-18)31-25(30)17-8-7-9-19(16-17)27-23(28)21-10-5-6-11-22(21)24(27)29/h5-9,12-16,21-22H,4,10-11H2,1-3H3/t21-,22+. The Hall–Kier alpha value is -3.21. The van der Waals surface area contributed by atoms with Crippen LogP contribution in [0.25, 0.3) is 0 Å². The molecule has 0 bridgehead atoms. The van der Waals surface area contributed by atoms with Gasteiger partial charge in [-0.3, -0.25) is 14.5 Å². The molecule has 1 aliphatic carbocycles. The molecule has 2 aliphatic rings. The van der Waals surface area contributed by atoms with Gasteiger partial charge < -0.3 is 4.74 Å². The molecule has 2 amide bonds. The molecule has 2 atom stereocenters. The van der Waals surface area contributed by atoms with E-state index in [-0.39, 0.29) is 29.1 Å². The molecule has 1 saturated heterocycles. The number of imide groups is 1. The largest absolute Gasteiger partial charge is 0.423 e. The number of allylic oxidation sites excluding steroid dienone is 2. The van der Waals surface area contributed by atoms with Gasteiger partial charge in [-0.05, 0) is 60.6 Å². The van der Waals surface area contributed by atoms with Crippen LogP contribution in [0.2, 0.25) is 0 Å². The average Bonchev–Trinajstić information content (AvgIpc) is 3.04. The number of hydrogen-bond donors (Lipinski definition) is 0. The molecule has 1 fully saturated rings. The van der Waals surface area contributed by atoms with E-state index in [1.54, 1.807) is 36.4 Å². The lowest BCUT2D eigenvalue weighted by atomic mass is 9.82. The highest BCUT2D eigenvalue weighted by Crippen LogP contribution is 2.38. The van der Waals surface area contributed by atoms with Crippen LogP contribution in [-0.2, 0) is 15.0 Å². The Morgan fingerprint density at radius 2 is 1.61 bits per heavy atom. The van der Waals surface area contributed by atoms with Crippen LogP contribution in [0.4, 0.5) is 5.69 Å². The predicted molar refractivity (Wildman–Crippen MR) is 119 cm³/mol. The number of nitrogens with zero attached hydrogens (tertiary/aromatic N) is 1. The maximum absolute atomic E-state index is 12.8. The molecule has 4 rings (SSSR count). The molecular weight excluding hydrogens is 390 g/mol. The summed E-state index contributed by atoms with van der Waals surface area (Å²) in [6.45, 7) is 6.49. The normalized spacial score (nSPS) is 20.7. The second-order valence-corrected chi connectivity index (χ2v) is 8.87. The number of ether oxygens (including phenoxy) is 1. The van der Waals surface area contributed by atoms with Gasteiger partial charge in [0.1, 0.15) is 5.75 Å². The molecule has 5 nitrogen and oxygen atoms in total. The Morgan fingerprint density at radius 3 is 2.19 bits per heavy atom. The predicted octanol–water partition coefficient (Wildman–Crippen LogP) is 5.05. The van der Waals surface area contributed by atoms with Gasteiger partial charge in [0.25, 0.3) is 0 Å². The summed E-state index contributed by atoms with van der Waals surface area (Å²) in [5.41, 5.74) is 1.94. The van der Waals surface area contributed by atoms with Crippen LogP contribution in [0.1, 0.15) is 56.0 Å². The number of anilines is 1. The number of carbonyl (C=O) groups excluding carboxylic acids is 3. The monoisotopic (exact) mass is 417 g/mol. The third-order valence-electron chi connectivity index (χ3n) is 6.58. The smallest absolute Gasteiger partial charge is 0.343 e. The van der Waals surface area contributed by atoms with E-state index in [0.29, 0.717) is 29.8 Å². The zero-order valence-electron chi connectivity index (χ0n) is 18.1. The molecule has 1 aliphatic heterocycles. The summed E-state index contributed by atoms with van der Waals surface area (Å²) < 4.78 is 5.53. The Bertz CT molecular complexity index is 1030. The third-order valence-corrected chi connectivity index (χ3v) is 6.58. The van der Waals surface area contributed by atoms with Crippen LogP contribution >= 0.6 is 0 Å². The van der Waals surface area contributed by atoms with Gasteiger partial charge in [0, 0.05) is 0 Å². The third kappa shape index (κ3) is 3.92. The van der Waals surface area contributed by atoms with E-state index >= 15 is 0 Å². The fourth-order valence-corrected chi connectivity index (χ4v) is 4.17. The van der Waals surface area contributed by atoms with Crippen molar-refractivity contribution in [3.05, 3.63) is 71.8 Å². The summed E-state index contributed by atoms with van der Waals surface area (Å²) in [5, 5.41) is 0. The lowest BCUT2D eigenvalue weighted by molar-refractivity contribution is -0.122. The van der Waals surface area contributed by atoms with Gasteiger partial charge >= 0.3 is 5.97 Å². The Kier molecular flexibility index (Phi) is 5.52. The van der Waals surface area contributed by atoms with Crippen molar-refractivity contribution in [1.29, 1.82) is 0 Å². The van der Waals surface area contributed by atoms with Crippen molar-refractivity contribution in [2.45, 2.75) is 45.4 Å². The highest BCUT2D eigenvalue weighted by molar-refractivity contribution is 6.22. The van der Waals surface area contributed by atoms with Crippen LogP contribution in [0.3, 0.4) is 0 Å². The average molecular weight is 418 g/mol. The van der Waals surface area contributed by atoms with Crippen LogP contribution in [0.5, 0.6) is 5.75 Å². The second-order valence-electron chi connectivity index (χ2n) is 8.87. The highest BCUT2D eigenvalue weighted by Gasteiger charge is 2.47. The molecule has 0 N–H and O–H groups in total. The number of carbonyl (C=O) groups is 3. The molecule has 0 saturated carbocycles. The summed E-state index contributed by atoms with van der Waals surface area (Å²) in [6, 6.07) is 14.1. The quantitative estimate of drug-likeness (QED) is 0.296. The fraction of sp³-hybridized carbons (Fsp3) is 0.346. The number of esters is 1. The minimum atomic E-state index is -0.525. The number of hydrogen-bond acceptors (Lipinski definition) is 4. The summed E-state index contributed by atoms with van der Waals surface area (Å²) in [5.74, 6) is -1.07. The van der Waals surface area contributed by atoms with Gasteiger partial charge in [0.2, 0.25) is 11.8 Å². The summed E-state index contributed by atoms with van der Waals surface area (Å²) >= 11 is 0. The first-order valence-corrected chi connectivity index (χ1v) is 10.8.